The van der Waals surface area contributed by atoms with Gasteiger partial charge in [-0.15, -0.1) is 0 Å². The summed E-state index contributed by atoms with van der Waals surface area (Å²) in [4.78, 5) is 35.7. The Balaban J connectivity index is 1.70. The standard InChI is InChI=1S/C20H30N4O3/c1-20(2,3)15-11-9-14(10-12-15)18(26)21-13-17(25)23-24-19(27)22-16-7-5-4-6-8-16/h9-12,16H,4-8,13H2,1-3H3,(H,21,26)(H,23,25)(H2,22,24,27). The Labute approximate surface area is 160 Å². The molecule has 1 aromatic rings. The molecule has 4 N–H and O–H groups in total. The molecule has 1 aliphatic rings. The number of hydrogen-bond acceptors (Lipinski definition) is 3. The van der Waals surface area contributed by atoms with Gasteiger partial charge in [-0.3, -0.25) is 15.0 Å². The van der Waals surface area contributed by atoms with E-state index in [9.17, 15) is 14.4 Å². The molecule has 0 saturated heterocycles. The molecule has 0 radical (unpaired) electrons. The largest absolute Gasteiger partial charge is 0.343 e. The number of rotatable bonds is 4. The molecule has 0 aliphatic heterocycles. The summed E-state index contributed by atoms with van der Waals surface area (Å²) in [6.45, 7) is 6.08. The fourth-order valence-electron chi connectivity index (χ4n) is 3.02. The third-order valence-electron chi connectivity index (χ3n) is 4.68. The van der Waals surface area contributed by atoms with Crippen LogP contribution in [0.4, 0.5) is 4.79 Å². The van der Waals surface area contributed by atoms with Gasteiger partial charge < -0.3 is 10.6 Å². The Morgan fingerprint density at radius 3 is 2.19 bits per heavy atom. The van der Waals surface area contributed by atoms with E-state index in [1.807, 2.05) is 12.1 Å². The minimum absolute atomic E-state index is 0.0127. The van der Waals surface area contributed by atoms with Crippen LogP contribution in [0.2, 0.25) is 0 Å². The molecular weight excluding hydrogens is 344 g/mol. The van der Waals surface area contributed by atoms with Gasteiger partial charge >= 0.3 is 6.03 Å². The fourth-order valence-corrected chi connectivity index (χ4v) is 3.02. The molecule has 7 nitrogen and oxygen atoms in total. The molecule has 27 heavy (non-hydrogen) atoms. The monoisotopic (exact) mass is 374 g/mol. The average molecular weight is 374 g/mol. The smallest absolute Gasteiger partial charge is 0.333 e. The van der Waals surface area contributed by atoms with Crippen LogP contribution in [-0.2, 0) is 10.2 Å². The predicted molar refractivity (Wildman–Crippen MR) is 104 cm³/mol. The van der Waals surface area contributed by atoms with Crippen LogP contribution in [0.25, 0.3) is 0 Å². The van der Waals surface area contributed by atoms with Crippen LogP contribution in [0.3, 0.4) is 0 Å². The number of amides is 4. The lowest BCUT2D eigenvalue weighted by Crippen LogP contribution is -2.52. The number of carbonyl (C=O) groups is 3. The Bertz CT molecular complexity index is 659. The Kier molecular flexibility index (Phi) is 7.21. The van der Waals surface area contributed by atoms with Crippen molar-refractivity contribution in [2.75, 3.05) is 6.54 Å². The maximum atomic E-state index is 12.1. The zero-order chi connectivity index (χ0) is 19.9. The summed E-state index contributed by atoms with van der Waals surface area (Å²) >= 11 is 0. The minimum Gasteiger partial charge on any atom is -0.343 e. The van der Waals surface area contributed by atoms with Crippen molar-refractivity contribution in [2.45, 2.75) is 64.3 Å². The van der Waals surface area contributed by atoms with E-state index in [0.29, 0.717) is 5.56 Å². The second kappa shape index (κ2) is 9.39. The zero-order valence-electron chi connectivity index (χ0n) is 16.4. The Hall–Kier alpha value is -2.57. The van der Waals surface area contributed by atoms with Gasteiger partial charge in [0.15, 0.2) is 0 Å². The Morgan fingerprint density at radius 1 is 0.963 bits per heavy atom. The second-order valence-electron chi connectivity index (χ2n) is 7.99. The first-order valence-corrected chi connectivity index (χ1v) is 9.50. The topological polar surface area (TPSA) is 99.3 Å². The van der Waals surface area contributed by atoms with Gasteiger partial charge in [-0.1, -0.05) is 52.2 Å². The maximum absolute atomic E-state index is 12.1. The van der Waals surface area contributed by atoms with Crippen molar-refractivity contribution in [1.82, 2.24) is 21.5 Å². The maximum Gasteiger partial charge on any atom is 0.333 e. The van der Waals surface area contributed by atoms with Crippen molar-refractivity contribution < 1.29 is 14.4 Å². The van der Waals surface area contributed by atoms with E-state index < -0.39 is 11.9 Å². The number of urea groups is 1. The first-order chi connectivity index (χ1) is 12.8. The quantitative estimate of drug-likeness (QED) is 0.609. The van der Waals surface area contributed by atoms with Crippen molar-refractivity contribution in [3.63, 3.8) is 0 Å². The summed E-state index contributed by atoms with van der Waals surface area (Å²) in [5, 5.41) is 5.37. The van der Waals surface area contributed by atoms with Crippen LogP contribution in [-0.4, -0.2) is 30.4 Å². The van der Waals surface area contributed by atoms with Crippen molar-refractivity contribution >= 4 is 17.8 Å². The molecule has 1 saturated carbocycles. The number of carbonyl (C=O) groups excluding carboxylic acids is 3. The van der Waals surface area contributed by atoms with E-state index in [0.717, 1.165) is 31.2 Å². The third-order valence-corrected chi connectivity index (χ3v) is 4.68. The SMILES string of the molecule is CC(C)(C)c1ccc(C(=O)NCC(=O)NNC(=O)NC2CCCCC2)cc1. The summed E-state index contributed by atoms with van der Waals surface area (Å²) in [5.41, 5.74) is 6.24. The van der Waals surface area contributed by atoms with Crippen molar-refractivity contribution in [2.24, 2.45) is 0 Å². The van der Waals surface area contributed by atoms with E-state index >= 15 is 0 Å². The van der Waals surface area contributed by atoms with E-state index in [-0.39, 0.29) is 23.9 Å². The van der Waals surface area contributed by atoms with Crippen molar-refractivity contribution in [3.8, 4) is 0 Å². The van der Waals surface area contributed by atoms with Crippen LogP contribution in [0.5, 0.6) is 0 Å². The van der Waals surface area contributed by atoms with Gasteiger partial charge in [-0.2, -0.15) is 0 Å². The number of benzene rings is 1. The first-order valence-electron chi connectivity index (χ1n) is 9.50. The van der Waals surface area contributed by atoms with E-state index in [4.69, 9.17) is 0 Å². The highest BCUT2D eigenvalue weighted by molar-refractivity contribution is 5.96. The van der Waals surface area contributed by atoms with Gasteiger partial charge in [-0.25, -0.2) is 10.2 Å². The molecule has 0 aromatic heterocycles. The fraction of sp³-hybridized carbons (Fsp3) is 0.550. The van der Waals surface area contributed by atoms with Crippen LogP contribution >= 0.6 is 0 Å². The molecule has 4 amide bonds. The molecule has 1 aliphatic carbocycles. The van der Waals surface area contributed by atoms with E-state index in [2.05, 4.69) is 42.3 Å². The third kappa shape index (κ3) is 6.92. The first kappa shape index (κ1) is 20.7. The van der Waals surface area contributed by atoms with Crippen molar-refractivity contribution in [1.29, 1.82) is 0 Å². The molecule has 1 fully saturated rings. The summed E-state index contributed by atoms with van der Waals surface area (Å²) in [6.07, 6.45) is 5.35. The van der Waals surface area contributed by atoms with Crippen LogP contribution in [0.15, 0.2) is 24.3 Å². The zero-order valence-corrected chi connectivity index (χ0v) is 16.4. The summed E-state index contributed by atoms with van der Waals surface area (Å²) in [7, 11) is 0. The number of hydrogen-bond donors (Lipinski definition) is 4. The van der Waals surface area contributed by atoms with Gasteiger partial charge in [0.05, 0.1) is 6.54 Å². The highest BCUT2D eigenvalue weighted by Gasteiger charge is 2.16. The lowest BCUT2D eigenvalue weighted by Gasteiger charge is -2.22. The van der Waals surface area contributed by atoms with Gasteiger partial charge in [0.1, 0.15) is 0 Å². The Morgan fingerprint density at radius 2 is 1.59 bits per heavy atom. The van der Waals surface area contributed by atoms with Gasteiger partial charge in [0, 0.05) is 11.6 Å². The van der Waals surface area contributed by atoms with Crippen LogP contribution < -0.4 is 21.5 Å². The molecule has 0 bridgehead atoms. The molecule has 148 valence electrons. The molecule has 0 heterocycles. The minimum atomic E-state index is -0.492. The highest BCUT2D eigenvalue weighted by atomic mass is 16.2. The van der Waals surface area contributed by atoms with E-state index in [1.54, 1.807) is 12.1 Å². The second-order valence-corrected chi connectivity index (χ2v) is 7.99. The lowest BCUT2D eigenvalue weighted by molar-refractivity contribution is -0.120. The number of nitrogens with one attached hydrogen (secondary N) is 4. The average Bonchev–Trinajstić information content (AvgIpc) is 2.64. The van der Waals surface area contributed by atoms with Gasteiger partial charge in [-0.05, 0) is 36.0 Å². The molecule has 7 heteroatoms. The number of hydrazine groups is 1. The predicted octanol–water partition coefficient (Wildman–Crippen LogP) is 2.38. The van der Waals surface area contributed by atoms with Gasteiger partial charge in [0.25, 0.3) is 11.8 Å². The molecule has 0 atom stereocenters. The lowest BCUT2D eigenvalue weighted by atomic mass is 9.87. The normalized spacial score (nSPS) is 14.9. The summed E-state index contributed by atoms with van der Waals surface area (Å²) in [5.74, 6) is -0.828. The summed E-state index contributed by atoms with van der Waals surface area (Å²) in [6, 6.07) is 7.02. The van der Waals surface area contributed by atoms with Gasteiger partial charge in [0.2, 0.25) is 0 Å². The van der Waals surface area contributed by atoms with Crippen molar-refractivity contribution in [3.05, 3.63) is 35.4 Å². The van der Waals surface area contributed by atoms with E-state index in [1.165, 1.54) is 6.42 Å². The summed E-state index contributed by atoms with van der Waals surface area (Å²) < 4.78 is 0. The highest BCUT2D eigenvalue weighted by Crippen LogP contribution is 2.22. The molecule has 0 spiro atoms. The molecule has 0 unspecified atom stereocenters. The van der Waals surface area contributed by atoms with Crippen LogP contribution in [0.1, 0.15) is 68.8 Å². The molecule has 1 aromatic carbocycles. The van der Waals surface area contributed by atoms with Crippen LogP contribution in [0, 0.1) is 0 Å². The molecular formula is C20H30N4O3. The molecule has 2 rings (SSSR count).